The number of nitrogens with one attached hydrogen (secondary N) is 1. The van der Waals surface area contributed by atoms with Crippen LogP contribution in [0, 0.1) is 0 Å². The number of hydrogen-bond donors (Lipinski definition) is 1. The number of rotatable bonds is 4. The highest BCUT2D eigenvalue weighted by atomic mass is 16.5. The number of morpholine rings is 1. The second-order valence-corrected chi connectivity index (χ2v) is 5.83. The number of pyridine rings is 1. The number of aromatic amines is 1. The summed E-state index contributed by atoms with van der Waals surface area (Å²) in [4.78, 5) is 30.1. The van der Waals surface area contributed by atoms with Gasteiger partial charge in [-0.05, 0) is 17.7 Å². The Morgan fingerprint density at radius 1 is 1.21 bits per heavy atom. The lowest BCUT2D eigenvalue weighted by atomic mass is 10.1. The molecule has 1 saturated heterocycles. The van der Waals surface area contributed by atoms with Crippen LogP contribution in [-0.4, -0.2) is 49.1 Å². The molecule has 0 aliphatic carbocycles. The van der Waals surface area contributed by atoms with Gasteiger partial charge < -0.3 is 19.5 Å². The third-order valence-corrected chi connectivity index (χ3v) is 4.13. The molecule has 1 amide bonds. The minimum atomic E-state index is -0.216. The minimum Gasteiger partial charge on any atom is -0.378 e. The summed E-state index contributed by atoms with van der Waals surface area (Å²) in [6.07, 6.45) is 1.45. The molecule has 0 radical (unpaired) electrons. The number of H-pyrrole nitrogens is 1. The maximum absolute atomic E-state index is 12.5. The summed E-state index contributed by atoms with van der Waals surface area (Å²) in [5.41, 5.74) is 2.49. The molecule has 1 aromatic heterocycles. The molecule has 1 aliphatic rings. The van der Waals surface area contributed by atoms with Gasteiger partial charge in [0.05, 0.1) is 18.8 Å². The van der Waals surface area contributed by atoms with Crippen molar-refractivity contribution in [2.45, 2.75) is 6.54 Å². The average Bonchev–Trinajstić information content (AvgIpc) is 2.63. The Morgan fingerprint density at radius 3 is 2.67 bits per heavy atom. The van der Waals surface area contributed by atoms with Crippen molar-refractivity contribution in [1.82, 2.24) is 9.88 Å². The first-order valence-corrected chi connectivity index (χ1v) is 8.00. The standard InChI is InChI=1S/C18H21N3O3/c1-20(18(23)14-6-7-17(22)19-12-14)13-15-4-2-3-5-16(15)21-8-10-24-11-9-21/h2-7,12H,8-11,13H2,1H3,(H,19,22). The first kappa shape index (κ1) is 16.3. The number of nitrogens with zero attached hydrogens (tertiary/aromatic N) is 2. The van der Waals surface area contributed by atoms with Crippen LogP contribution in [0.4, 0.5) is 5.69 Å². The Kier molecular flexibility index (Phi) is 4.96. The molecule has 1 aromatic carbocycles. The lowest BCUT2D eigenvalue weighted by Gasteiger charge is -2.31. The van der Waals surface area contributed by atoms with Gasteiger partial charge >= 0.3 is 0 Å². The van der Waals surface area contributed by atoms with Gasteiger partial charge in [0.2, 0.25) is 5.56 Å². The largest absolute Gasteiger partial charge is 0.378 e. The maximum atomic E-state index is 12.5. The van der Waals surface area contributed by atoms with Crippen LogP contribution in [0.3, 0.4) is 0 Å². The number of anilines is 1. The van der Waals surface area contributed by atoms with Crippen molar-refractivity contribution in [3.8, 4) is 0 Å². The second-order valence-electron chi connectivity index (χ2n) is 5.83. The molecule has 6 nitrogen and oxygen atoms in total. The molecule has 126 valence electrons. The maximum Gasteiger partial charge on any atom is 0.255 e. The lowest BCUT2D eigenvalue weighted by Crippen LogP contribution is -2.37. The molecule has 1 aliphatic heterocycles. The number of hydrogen-bond acceptors (Lipinski definition) is 4. The van der Waals surface area contributed by atoms with E-state index in [1.165, 1.54) is 12.3 Å². The van der Waals surface area contributed by atoms with E-state index in [-0.39, 0.29) is 11.5 Å². The summed E-state index contributed by atoms with van der Waals surface area (Å²) in [6, 6.07) is 11.0. The first-order valence-electron chi connectivity index (χ1n) is 8.00. The van der Waals surface area contributed by atoms with Crippen molar-refractivity contribution in [2.24, 2.45) is 0 Å². The molecule has 0 atom stereocenters. The van der Waals surface area contributed by atoms with Crippen LogP contribution in [0.1, 0.15) is 15.9 Å². The number of para-hydroxylation sites is 1. The molecule has 0 bridgehead atoms. The number of benzene rings is 1. The molecule has 2 aromatic rings. The van der Waals surface area contributed by atoms with Gasteiger partial charge in [-0.3, -0.25) is 9.59 Å². The predicted octanol–water partition coefficient (Wildman–Crippen LogP) is 1.48. The fourth-order valence-corrected chi connectivity index (χ4v) is 2.85. The summed E-state index contributed by atoms with van der Waals surface area (Å²) in [6.45, 7) is 3.66. The smallest absolute Gasteiger partial charge is 0.255 e. The summed E-state index contributed by atoms with van der Waals surface area (Å²) >= 11 is 0. The fraction of sp³-hybridized carbons (Fsp3) is 0.333. The Hall–Kier alpha value is -2.60. The molecule has 1 N–H and O–H groups in total. The summed E-state index contributed by atoms with van der Waals surface area (Å²) in [7, 11) is 1.77. The quantitative estimate of drug-likeness (QED) is 0.924. The zero-order chi connectivity index (χ0) is 16.9. The molecule has 2 heterocycles. The first-order chi connectivity index (χ1) is 11.6. The zero-order valence-electron chi connectivity index (χ0n) is 13.7. The van der Waals surface area contributed by atoms with E-state index in [0.29, 0.717) is 12.1 Å². The highest BCUT2D eigenvalue weighted by molar-refractivity contribution is 5.93. The van der Waals surface area contributed by atoms with Gasteiger partial charge in [-0.2, -0.15) is 0 Å². The molecule has 3 rings (SSSR count). The van der Waals surface area contributed by atoms with E-state index in [1.54, 1.807) is 18.0 Å². The number of amides is 1. The molecular weight excluding hydrogens is 306 g/mol. The molecular formula is C18H21N3O3. The van der Waals surface area contributed by atoms with Gasteiger partial charge in [0, 0.05) is 44.6 Å². The predicted molar refractivity (Wildman–Crippen MR) is 92.3 cm³/mol. The molecule has 1 fully saturated rings. The zero-order valence-corrected chi connectivity index (χ0v) is 13.7. The molecule has 0 spiro atoms. The van der Waals surface area contributed by atoms with Crippen molar-refractivity contribution in [1.29, 1.82) is 0 Å². The van der Waals surface area contributed by atoms with Gasteiger partial charge in [0.15, 0.2) is 0 Å². The molecule has 0 unspecified atom stereocenters. The minimum absolute atomic E-state index is 0.122. The lowest BCUT2D eigenvalue weighted by molar-refractivity contribution is 0.0784. The van der Waals surface area contributed by atoms with E-state index < -0.39 is 0 Å². The fourth-order valence-electron chi connectivity index (χ4n) is 2.85. The average molecular weight is 327 g/mol. The number of ether oxygens (including phenoxy) is 1. The van der Waals surface area contributed by atoms with Gasteiger partial charge in [0.25, 0.3) is 5.91 Å². The van der Waals surface area contributed by atoms with Crippen molar-refractivity contribution in [2.75, 3.05) is 38.3 Å². The Morgan fingerprint density at radius 2 is 1.96 bits per heavy atom. The topological polar surface area (TPSA) is 65.6 Å². The van der Waals surface area contributed by atoms with Crippen LogP contribution in [0.25, 0.3) is 0 Å². The van der Waals surface area contributed by atoms with Crippen LogP contribution in [0.5, 0.6) is 0 Å². The van der Waals surface area contributed by atoms with Gasteiger partial charge in [0.1, 0.15) is 0 Å². The van der Waals surface area contributed by atoms with Crippen molar-refractivity contribution >= 4 is 11.6 Å². The van der Waals surface area contributed by atoms with E-state index in [9.17, 15) is 9.59 Å². The van der Waals surface area contributed by atoms with E-state index in [1.807, 2.05) is 18.2 Å². The third kappa shape index (κ3) is 3.65. The highest BCUT2D eigenvalue weighted by Crippen LogP contribution is 2.23. The van der Waals surface area contributed by atoms with Gasteiger partial charge in [-0.15, -0.1) is 0 Å². The summed E-state index contributed by atoms with van der Waals surface area (Å²) in [5.74, 6) is -0.122. The third-order valence-electron chi connectivity index (χ3n) is 4.13. The van der Waals surface area contributed by atoms with E-state index in [4.69, 9.17) is 4.74 Å². The van der Waals surface area contributed by atoms with Crippen LogP contribution < -0.4 is 10.5 Å². The Balaban J connectivity index is 1.76. The van der Waals surface area contributed by atoms with Crippen LogP contribution in [-0.2, 0) is 11.3 Å². The highest BCUT2D eigenvalue weighted by Gasteiger charge is 2.17. The SMILES string of the molecule is CN(Cc1ccccc1N1CCOCC1)C(=O)c1ccc(=O)[nH]c1. The Bertz CT molecular complexity index is 746. The van der Waals surface area contributed by atoms with E-state index in [0.717, 1.165) is 37.6 Å². The summed E-state index contributed by atoms with van der Waals surface area (Å²) in [5, 5.41) is 0. The number of carbonyl (C=O) groups excluding carboxylic acids is 1. The monoisotopic (exact) mass is 327 g/mol. The normalized spacial score (nSPS) is 14.5. The van der Waals surface area contributed by atoms with Crippen molar-refractivity contribution < 1.29 is 9.53 Å². The van der Waals surface area contributed by atoms with Crippen molar-refractivity contribution in [3.05, 3.63) is 64.1 Å². The van der Waals surface area contributed by atoms with E-state index in [2.05, 4.69) is 16.0 Å². The molecule has 0 saturated carbocycles. The number of aromatic nitrogens is 1. The molecule has 24 heavy (non-hydrogen) atoms. The van der Waals surface area contributed by atoms with Gasteiger partial charge in [-0.1, -0.05) is 18.2 Å². The second kappa shape index (κ2) is 7.31. The van der Waals surface area contributed by atoms with Crippen LogP contribution >= 0.6 is 0 Å². The van der Waals surface area contributed by atoms with E-state index >= 15 is 0 Å². The number of carbonyl (C=O) groups is 1. The Labute approximate surface area is 140 Å². The summed E-state index contributed by atoms with van der Waals surface area (Å²) < 4.78 is 5.41. The van der Waals surface area contributed by atoms with Crippen LogP contribution in [0.15, 0.2) is 47.4 Å². The van der Waals surface area contributed by atoms with Crippen molar-refractivity contribution in [3.63, 3.8) is 0 Å². The molecule has 6 heteroatoms. The van der Waals surface area contributed by atoms with Gasteiger partial charge in [-0.25, -0.2) is 0 Å². The van der Waals surface area contributed by atoms with Crippen LogP contribution in [0.2, 0.25) is 0 Å².